The lowest BCUT2D eigenvalue weighted by atomic mass is 10.0. The number of amides is 1. The van der Waals surface area contributed by atoms with Crippen LogP contribution < -0.4 is 5.32 Å². The van der Waals surface area contributed by atoms with Crippen molar-refractivity contribution in [3.63, 3.8) is 0 Å². The van der Waals surface area contributed by atoms with Crippen LogP contribution >= 0.6 is 0 Å². The van der Waals surface area contributed by atoms with E-state index in [-0.39, 0.29) is 0 Å². The molecule has 2 heterocycles. The first kappa shape index (κ1) is 15.8. The van der Waals surface area contributed by atoms with E-state index in [4.69, 9.17) is 0 Å². The fraction of sp³-hybridized carbons (Fsp3) is 0.938. The number of nitrogens with zero attached hydrogens (tertiary/aromatic N) is 2. The van der Waals surface area contributed by atoms with Gasteiger partial charge in [-0.05, 0) is 31.7 Å². The van der Waals surface area contributed by atoms with Gasteiger partial charge in [-0.2, -0.15) is 0 Å². The molecule has 2 saturated heterocycles. The Morgan fingerprint density at radius 1 is 1.20 bits per heavy atom. The number of hydrogen-bond acceptors (Lipinski definition) is 3. The predicted molar refractivity (Wildman–Crippen MR) is 82.7 cm³/mol. The van der Waals surface area contributed by atoms with Gasteiger partial charge in [0.2, 0.25) is 5.91 Å². The smallest absolute Gasteiger partial charge is 0.222 e. The molecule has 0 aliphatic carbocycles. The first-order chi connectivity index (χ1) is 9.65. The van der Waals surface area contributed by atoms with Crippen LogP contribution in [0, 0.1) is 5.92 Å². The predicted octanol–water partition coefficient (Wildman–Crippen LogP) is 1.71. The molecular weight excluding hydrogens is 250 g/mol. The summed E-state index contributed by atoms with van der Waals surface area (Å²) in [7, 11) is 0. The molecule has 2 aliphatic heterocycles. The van der Waals surface area contributed by atoms with Gasteiger partial charge in [0.1, 0.15) is 0 Å². The topological polar surface area (TPSA) is 35.6 Å². The van der Waals surface area contributed by atoms with Gasteiger partial charge in [0.15, 0.2) is 0 Å². The Balaban J connectivity index is 1.64. The highest BCUT2D eigenvalue weighted by Crippen LogP contribution is 2.13. The van der Waals surface area contributed by atoms with Crippen LogP contribution in [0.3, 0.4) is 0 Å². The first-order valence-corrected chi connectivity index (χ1v) is 8.38. The lowest BCUT2D eigenvalue weighted by Crippen LogP contribution is -2.49. The van der Waals surface area contributed by atoms with Crippen molar-refractivity contribution in [1.29, 1.82) is 0 Å². The summed E-state index contributed by atoms with van der Waals surface area (Å²) in [6.07, 6.45) is 5.60. The van der Waals surface area contributed by atoms with E-state index in [1.54, 1.807) is 0 Å². The van der Waals surface area contributed by atoms with Crippen molar-refractivity contribution >= 4 is 5.91 Å². The summed E-state index contributed by atoms with van der Waals surface area (Å²) in [4.78, 5) is 16.8. The van der Waals surface area contributed by atoms with E-state index in [0.717, 1.165) is 58.0 Å². The molecule has 4 nitrogen and oxygen atoms in total. The molecule has 1 N–H and O–H groups in total. The van der Waals surface area contributed by atoms with Gasteiger partial charge >= 0.3 is 0 Å². The summed E-state index contributed by atoms with van der Waals surface area (Å²) >= 11 is 0. The number of carbonyl (C=O) groups is 1. The Hall–Kier alpha value is -0.610. The van der Waals surface area contributed by atoms with Crippen LogP contribution in [0.25, 0.3) is 0 Å². The average molecular weight is 281 g/mol. The zero-order valence-corrected chi connectivity index (χ0v) is 13.2. The second-order valence-electron chi connectivity index (χ2n) is 6.76. The summed E-state index contributed by atoms with van der Waals surface area (Å²) < 4.78 is 0. The molecule has 1 atom stereocenters. The number of piperidine rings is 1. The maximum Gasteiger partial charge on any atom is 0.222 e. The van der Waals surface area contributed by atoms with E-state index < -0.39 is 0 Å². The monoisotopic (exact) mass is 281 g/mol. The van der Waals surface area contributed by atoms with Gasteiger partial charge in [0, 0.05) is 45.2 Å². The quantitative estimate of drug-likeness (QED) is 0.833. The normalized spacial score (nSPS) is 25.1. The highest BCUT2D eigenvalue weighted by molar-refractivity contribution is 5.76. The molecule has 4 heteroatoms. The number of hydrogen-bond donors (Lipinski definition) is 1. The van der Waals surface area contributed by atoms with Crippen molar-refractivity contribution in [2.75, 3.05) is 39.3 Å². The van der Waals surface area contributed by atoms with Crippen molar-refractivity contribution in [3.8, 4) is 0 Å². The molecular formula is C16H31N3O. The molecule has 1 unspecified atom stereocenters. The fourth-order valence-electron chi connectivity index (χ4n) is 3.32. The minimum Gasteiger partial charge on any atom is -0.340 e. The lowest BCUT2D eigenvalue weighted by Gasteiger charge is -2.36. The summed E-state index contributed by atoms with van der Waals surface area (Å²) in [5.74, 6) is 1.08. The van der Waals surface area contributed by atoms with Gasteiger partial charge in [0.05, 0.1) is 0 Å². The minimum absolute atomic E-state index is 0.363. The Morgan fingerprint density at radius 2 is 1.95 bits per heavy atom. The second-order valence-corrected chi connectivity index (χ2v) is 6.76. The Labute approximate surface area is 123 Å². The van der Waals surface area contributed by atoms with Crippen LogP contribution in [0.4, 0.5) is 0 Å². The Kier molecular flexibility index (Phi) is 6.30. The molecule has 0 aromatic heterocycles. The van der Waals surface area contributed by atoms with E-state index >= 15 is 0 Å². The van der Waals surface area contributed by atoms with Crippen LogP contribution in [-0.4, -0.2) is 61.0 Å². The van der Waals surface area contributed by atoms with Crippen LogP contribution in [0.15, 0.2) is 0 Å². The van der Waals surface area contributed by atoms with E-state index in [1.165, 1.54) is 19.3 Å². The van der Waals surface area contributed by atoms with Crippen LogP contribution in [0.1, 0.15) is 46.0 Å². The molecule has 0 radical (unpaired) electrons. The van der Waals surface area contributed by atoms with Gasteiger partial charge in [0.25, 0.3) is 0 Å². The molecule has 2 rings (SSSR count). The largest absolute Gasteiger partial charge is 0.340 e. The van der Waals surface area contributed by atoms with Crippen LogP contribution in [0.2, 0.25) is 0 Å². The van der Waals surface area contributed by atoms with Gasteiger partial charge in [-0.15, -0.1) is 0 Å². The van der Waals surface area contributed by atoms with Crippen LogP contribution in [-0.2, 0) is 4.79 Å². The summed E-state index contributed by atoms with van der Waals surface area (Å²) in [5.41, 5.74) is 0. The summed E-state index contributed by atoms with van der Waals surface area (Å²) in [5, 5.41) is 3.53. The zero-order chi connectivity index (χ0) is 14.4. The van der Waals surface area contributed by atoms with Gasteiger partial charge < -0.3 is 10.2 Å². The van der Waals surface area contributed by atoms with Gasteiger partial charge in [-0.1, -0.05) is 20.3 Å². The molecule has 1 amide bonds. The third kappa shape index (κ3) is 5.06. The molecule has 0 spiro atoms. The summed E-state index contributed by atoms with van der Waals surface area (Å²) in [6.45, 7) is 10.7. The maximum atomic E-state index is 12.2. The molecule has 0 aromatic carbocycles. The highest BCUT2D eigenvalue weighted by atomic mass is 16.2. The van der Waals surface area contributed by atoms with Gasteiger partial charge in [-0.3, -0.25) is 9.69 Å². The number of piperazine rings is 1. The van der Waals surface area contributed by atoms with Crippen molar-refractivity contribution in [1.82, 2.24) is 15.1 Å². The molecule has 2 aliphatic rings. The third-order valence-electron chi connectivity index (χ3n) is 4.47. The van der Waals surface area contributed by atoms with E-state index in [2.05, 4.69) is 29.0 Å². The third-order valence-corrected chi connectivity index (χ3v) is 4.47. The van der Waals surface area contributed by atoms with Crippen molar-refractivity contribution in [2.45, 2.75) is 52.0 Å². The zero-order valence-electron chi connectivity index (χ0n) is 13.2. The number of nitrogens with one attached hydrogen (secondary N) is 1. The molecule has 0 aromatic rings. The minimum atomic E-state index is 0.363. The number of rotatable bonds is 5. The van der Waals surface area contributed by atoms with E-state index in [9.17, 15) is 4.79 Å². The summed E-state index contributed by atoms with van der Waals surface area (Å²) in [6, 6.07) is 0.579. The molecule has 2 fully saturated rings. The molecule has 0 saturated carbocycles. The Bertz CT molecular complexity index is 292. The number of carbonyl (C=O) groups excluding carboxylic acids is 1. The molecule has 0 bridgehead atoms. The van der Waals surface area contributed by atoms with Crippen molar-refractivity contribution in [3.05, 3.63) is 0 Å². The second kappa shape index (κ2) is 7.99. The van der Waals surface area contributed by atoms with Crippen molar-refractivity contribution < 1.29 is 4.79 Å². The first-order valence-electron chi connectivity index (χ1n) is 8.38. The lowest BCUT2D eigenvalue weighted by molar-refractivity contribution is -0.133. The van der Waals surface area contributed by atoms with E-state index in [0.29, 0.717) is 11.9 Å². The average Bonchev–Trinajstić information content (AvgIpc) is 2.46. The van der Waals surface area contributed by atoms with Crippen LogP contribution in [0.5, 0.6) is 0 Å². The Morgan fingerprint density at radius 3 is 2.55 bits per heavy atom. The highest BCUT2D eigenvalue weighted by Gasteiger charge is 2.22. The molecule has 116 valence electrons. The van der Waals surface area contributed by atoms with E-state index in [1.807, 2.05) is 0 Å². The maximum absolute atomic E-state index is 12.2. The molecule has 20 heavy (non-hydrogen) atoms. The van der Waals surface area contributed by atoms with Gasteiger partial charge in [-0.25, -0.2) is 0 Å². The standard InChI is InChI=1S/C16H31N3O/c1-14(2)13-18-9-11-19(12-10-18)16(20)7-6-15-5-3-4-8-17-15/h14-15,17H,3-13H2,1-2H3. The van der Waals surface area contributed by atoms with Crippen molar-refractivity contribution in [2.24, 2.45) is 5.92 Å². The fourth-order valence-corrected chi connectivity index (χ4v) is 3.32. The SMILES string of the molecule is CC(C)CN1CCN(C(=O)CCC2CCCCN2)CC1.